The molecule has 0 aliphatic carbocycles. The first-order valence-corrected chi connectivity index (χ1v) is 7.54. The maximum absolute atomic E-state index is 12.8. The van der Waals surface area contributed by atoms with Crippen LogP contribution >= 0.6 is 0 Å². The lowest BCUT2D eigenvalue weighted by atomic mass is 10.1. The van der Waals surface area contributed by atoms with Crippen LogP contribution in [0.2, 0.25) is 0 Å². The lowest BCUT2D eigenvalue weighted by Crippen LogP contribution is -2.47. The number of fused-ring (bicyclic) bond motifs is 1. The van der Waals surface area contributed by atoms with Crippen molar-refractivity contribution < 1.29 is 14.0 Å². The fourth-order valence-corrected chi connectivity index (χ4v) is 2.85. The zero-order chi connectivity index (χ0) is 16.4. The van der Waals surface area contributed by atoms with E-state index >= 15 is 0 Å². The Bertz CT molecular complexity index is 724. The molecule has 3 rings (SSSR count). The highest BCUT2D eigenvalue weighted by Gasteiger charge is 2.30. The minimum absolute atomic E-state index is 0.136. The molecule has 1 atom stereocenters. The molecule has 1 aliphatic heterocycles. The number of halogens is 1. The molecular weight excluding hydrogens is 297 g/mol. The molecular formula is C17H18FN3O2. The van der Waals surface area contributed by atoms with Crippen LogP contribution in [0.15, 0.2) is 42.6 Å². The van der Waals surface area contributed by atoms with E-state index in [0.717, 1.165) is 11.3 Å². The first-order chi connectivity index (χ1) is 11.1. The van der Waals surface area contributed by atoms with Gasteiger partial charge < -0.3 is 14.8 Å². The zero-order valence-electron chi connectivity index (χ0n) is 12.8. The van der Waals surface area contributed by atoms with Crippen LogP contribution < -0.4 is 5.32 Å². The molecule has 1 aromatic carbocycles. The van der Waals surface area contributed by atoms with Gasteiger partial charge in [0.25, 0.3) is 0 Å². The number of nitrogens with one attached hydrogen (secondary N) is 1. The number of nitrogens with zero attached hydrogens (tertiary/aromatic N) is 2. The molecule has 2 amide bonds. The second-order valence-corrected chi connectivity index (χ2v) is 5.61. The molecule has 0 saturated carbocycles. The van der Waals surface area contributed by atoms with Crippen molar-refractivity contribution in [3.8, 4) is 0 Å². The summed E-state index contributed by atoms with van der Waals surface area (Å²) < 4.78 is 14.9. The van der Waals surface area contributed by atoms with E-state index in [9.17, 15) is 14.0 Å². The van der Waals surface area contributed by atoms with Crippen LogP contribution in [0.5, 0.6) is 0 Å². The highest BCUT2D eigenvalue weighted by molar-refractivity contribution is 6.35. The molecule has 5 nitrogen and oxygen atoms in total. The van der Waals surface area contributed by atoms with Gasteiger partial charge in [-0.05, 0) is 36.8 Å². The van der Waals surface area contributed by atoms with Crippen molar-refractivity contribution in [1.82, 2.24) is 14.8 Å². The van der Waals surface area contributed by atoms with Gasteiger partial charge in [-0.15, -0.1) is 0 Å². The molecule has 0 bridgehead atoms. The topological polar surface area (TPSA) is 54.3 Å². The molecule has 0 radical (unpaired) electrons. The molecule has 0 spiro atoms. The number of carbonyl (C=O) groups excluding carboxylic acids is 2. The van der Waals surface area contributed by atoms with Crippen LogP contribution in [-0.4, -0.2) is 27.8 Å². The van der Waals surface area contributed by atoms with Gasteiger partial charge in [-0.2, -0.15) is 0 Å². The van der Waals surface area contributed by atoms with Crippen molar-refractivity contribution in [3.05, 3.63) is 59.7 Å². The fraction of sp³-hybridized carbons (Fsp3) is 0.294. The van der Waals surface area contributed by atoms with Gasteiger partial charge in [0.05, 0.1) is 6.04 Å². The van der Waals surface area contributed by atoms with Gasteiger partial charge in [0.2, 0.25) is 0 Å². The zero-order valence-corrected chi connectivity index (χ0v) is 12.8. The van der Waals surface area contributed by atoms with Crippen LogP contribution in [0.4, 0.5) is 4.39 Å². The van der Waals surface area contributed by atoms with Crippen molar-refractivity contribution in [1.29, 1.82) is 0 Å². The number of amides is 2. The SMILES string of the molecule is C[C@H]1c2cccn2CCN1C(=O)C(=O)NCc1ccc(F)cc1. The highest BCUT2D eigenvalue weighted by atomic mass is 19.1. The number of rotatable bonds is 2. The molecule has 0 saturated heterocycles. The Kier molecular flexibility index (Phi) is 4.14. The van der Waals surface area contributed by atoms with Gasteiger partial charge in [0.15, 0.2) is 0 Å². The summed E-state index contributed by atoms with van der Waals surface area (Å²) in [4.78, 5) is 26.0. The van der Waals surface area contributed by atoms with Crippen LogP contribution in [0.25, 0.3) is 0 Å². The fourth-order valence-electron chi connectivity index (χ4n) is 2.85. The van der Waals surface area contributed by atoms with Crippen LogP contribution in [0.3, 0.4) is 0 Å². The van der Waals surface area contributed by atoms with E-state index in [0.29, 0.717) is 13.1 Å². The average Bonchev–Trinajstić information content (AvgIpc) is 3.03. The minimum atomic E-state index is -0.638. The molecule has 2 heterocycles. The summed E-state index contributed by atoms with van der Waals surface area (Å²) in [5.74, 6) is -1.51. The predicted octanol–water partition coefficient (Wildman–Crippen LogP) is 1.85. The molecule has 0 fully saturated rings. The molecule has 6 heteroatoms. The third-order valence-electron chi connectivity index (χ3n) is 4.16. The Morgan fingerprint density at radius 1 is 1.22 bits per heavy atom. The summed E-state index contributed by atoms with van der Waals surface area (Å²) in [7, 11) is 0. The molecule has 1 N–H and O–H groups in total. The van der Waals surface area contributed by atoms with Crippen molar-refractivity contribution in [2.75, 3.05) is 6.54 Å². The summed E-state index contributed by atoms with van der Waals surface area (Å²) in [5.41, 5.74) is 1.77. The Labute approximate surface area is 133 Å². The quantitative estimate of drug-likeness (QED) is 0.860. The summed E-state index contributed by atoms with van der Waals surface area (Å²) in [6.07, 6.45) is 1.97. The highest BCUT2D eigenvalue weighted by Crippen LogP contribution is 2.25. The van der Waals surface area contributed by atoms with Crippen molar-refractivity contribution >= 4 is 11.8 Å². The Hall–Kier alpha value is -2.63. The van der Waals surface area contributed by atoms with E-state index < -0.39 is 11.8 Å². The second-order valence-electron chi connectivity index (χ2n) is 5.61. The number of aromatic nitrogens is 1. The van der Waals surface area contributed by atoms with E-state index in [2.05, 4.69) is 9.88 Å². The normalized spacial score (nSPS) is 16.8. The van der Waals surface area contributed by atoms with Gasteiger partial charge in [-0.25, -0.2) is 4.39 Å². The largest absolute Gasteiger partial charge is 0.348 e. The van der Waals surface area contributed by atoms with Crippen LogP contribution in [0.1, 0.15) is 24.2 Å². The molecule has 1 aliphatic rings. The maximum atomic E-state index is 12.8. The number of hydrogen-bond acceptors (Lipinski definition) is 2. The Morgan fingerprint density at radius 2 is 1.96 bits per heavy atom. The molecule has 23 heavy (non-hydrogen) atoms. The van der Waals surface area contributed by atoms with Gasteiger partial charge in [0, 0.05) is 31.5 Å². The van der Waals surface area contributed by atoms with E-state index in [-0.39, 0.29) is 18.4 Å². The second kappa shape index (κ2) is 6.24. The number of hydrogen-bond donors (Lipinski definition) is 1. The molecule has 2 aromatic rings. The van der Waals surface area contributed by atoms with E-state index in [1.807, 2.05) is 25.3 Å². The first-order valence-electron chi connectivity index (χ1n) is 7.54. The predicted molar refractivity (Wildman–Crippen MR) is 82.8 cm³/mol. The lowest BCUT2D eigenvalue weighted by Gasteiger charge is -2.34. The number of benzene rings is 1. The van der Waals surface area contributed by atoms with Gasteiger partial charge >= 0.3 is 11.8 Å². The standard InChI is InChI=1S/C17H18FN3O2/c1-12-15-3-2-8-20(15)9-10-21(12)17(23)16(22)19-11-13-4-6-14(18)7-5-13/h2-8,12H,9-11H2,1H3,(H,19,22)/t12-/m0/s1. The maximum Gasteiger partial charge on any atom is 0.312 e. The molecule has 0 unspecified atom stereocenters. The van der Waals surface area contributed by atoms with E-state index in [1.165, 1.54) is 12.1 Å². The smallest absolute Gasteiger partial charge is 0.312 e. The van der Waals surface area contributed by atoms with E-state index in [4.69, 9.17) is 0 Å². The monoisotopic (exact) mass is 315 g/mol. The van der Waals surface area contributed by atoms with Gasteiger partial charge in [-0.1, -0.05) is 12.1 Å². The third-order valence-corrected chi connectivity index (χ3v) is 4.16. The van der Waals surface area contributed by atoms with Crippen LogP contribution in [0, 0.1) is 5.82 Å². The van der Waals surface area contributed by atoms with Crippen molar-refractivity contribution in [2.45, 2.75) is 26.1 Å². The average molecular weight is 315 g/mol. The third kappa shape index (κ3) is 3.11. The first kappa shape index (κ1) is 15.3. The van der Waals surface area contributed by atoms with Gasteiger partial charge in [0.1, 0.15) is 5.82 Å². The number of carbonyl (C=O) groups is 2. The summed E-state index contributed by atoms with van der Waals surface area (Å²) in [6.45, 7) is 3.30. The van der Waals surface area contributed by atoms with Crippen molar-refractivity contribution in [3.63, 3.8) is 0 Å². The Morgan fingerprint density at radius 3 is 2.70 bits per heavy atom. The summed E-state index contributed by atoms with van der Waals surface area (Å²) in [6, 6.07) is 9.57. The van der Waals surface area contributed by atoms with Gasteiger partial charge in [-0.3, -0.25) is 9.59 Å². The molecule has 1 aromatic heterocycles. The Balaban J connectivity index is 1.61. The van der Waals surface area contributed by atoms with Crippen molar-refractivity contribution in [2.24, 2.45) is 0 Å². The minimum Gasteiger partial charge on any atom is -0.348 e. The lowest BCUT2D eigenvalue weighted by molar-refractivity contribution is -0.148. The summed E-state index contributed by atoms with van der Waals surface area (Å²) >= 11 is 0. The summed E-state index contributed by atoms with van der Waals surface area (Å²) in [5, 5.41) is 2.59. The van der Waals surface area contributed by atoms with Crippen LogP contribution in [-0.2, 0) is 22.7 Å². The molecule has 120 valence electrons. The van der Waals surface area contributed by atoms with E-state index in [1.54, 1.807) is 17.0 Å².